The van der Waals surface area contributed by atoms with Crippen molar-refractivity contribution < 1.29 is 4.79 Å². The van der Waals surface area contributed by atoms with E-state index in [2.05, 4.69) is 5.32 Å². The van der Waals surface area contributed by atoms with E-state index < -0.39 is 0 Å². The lowest BCUT2D eigenvalue weighted by atomic mass is 10.1. The van der Waals surface area contributed by atoms with E-state index in [-0.39, 0.29) is 5.91 Å². The van der Waals surface area contributed by atoms with Crippen LogP contribution in [0.3, 0.4) is 0 Å². The van der Waals surface area contributed by atoms with Crippen molar-refractivity contribution >= 4 is 17.3 Å². The number of hydrogen-bond acceptors (Lipinski definition) is 2. The minimum absolute atomic E-state index is 0.0406. The zero-order valence-corrected chi connectivity index (χ0v) is 12.2. The number of carbonyl (C=O) groups excluding carboxylic acids is 1. The predicted octanol–water partition coefficient (Wildman–Crippen LogP) is 3.70. The van der Waals surface area contributed by atoms with Gasteiger partial charge in [-0.25, -0.2) is 0 Å². The van der Waals surface area contributed by atoms with Crippen molar-refractivity contribution in [2.24, 2.45) is 0 Å². The second kappa shape index (κ2) is 6.24. The molecule has 1 N–H and O–H groups in total. The molecule has 0 bridgehead atoms. The summed E-state index contributed by atoms with van der Waals surface area (Å²) >= 11 is 0. The molecule has 2 rings (SSSR count). The summed E-state index contributed by atoms with van der Waals surface area (Å²) in [4.78, 5) is 14.5. The molecule has 3 nitrogen and oxygen atoms in total. The third kappa shape index (κ3) is 2.82. The molecule has 0 fully saturated rings. The maximum Gasteiger partial charge on any atom is 0.258 e. The molecule has 20 heavy (non-hydrogen) atoms. The zero-order chi connectivity index (χ0) is 14.5. The molecule has 1 amide bonds. The molecule has 0 heterocycles. The van der Waals surface area contributed by atoms with Crippen LogP contribution in [0.1, 0.15) is 22.8 Å². The van der Waals surface area contributed by atoms with E-state index in [9.17, 15) is 4.79 Å². The number of hydrogen-bond donors (Lipinski definition) is 1. The largest absolute Gasteiger partial charge is 0.388 e. The standard InChI is InChI=1S/C17H20N2O/c1-4-19(15-8-6-5-7-9-15)17(20)16-11-10-14(18-3)12-13(16)2/h5-12,18H,4H2,1-3H3. The number of nitrogens with one attached hydrogen (secondary N) is 1. The quantitative estimate of drug-likeness (QED) is 0.917. The van der Waals surface area contributed by atoms with Crippen molar-refractivity contribution in [2.45, 2.75) is 13.8 Å². The normalized spacial score (nSPS) is 10.2. The van der Waals surface area contributed by atoms with Crippen LogP contribution in [0.5, 0.6) is 0 Å². The topological polar surface area (TPSA) is 32.3 Å². The Bertz CT molecular complexity index is 593. The van der Waals surface area contributed by atoms with Crippen molar-refractivity contribution in [3.63, 3.8) is 0 Å². The van der Waals surface area contributed by atoms with E-state index >= 15 is 0 Å². The van der Waals surface area contributed by atoms with Crippen LogP contribution in [0, 0.1) is 6.92 Å². The first-order chi connectivity index (χ1) is 9.67. The number of nitrogens with zero attached hydrogens (tertiary/aromatic N) is 1. The Hall–Kier alpha value is -2.29. The lowest BCUT2D eigenvalue weighted by molar-refractivity contribution is 0.0988. The SMILES string of the molecule is CCN(C(=O)c1ccc(NC)cc1C)c1ccccc1. The second-order valence-corrected chi connectivity index (χ2v) is 4.66. The molecule has 2 aromatic rings. The maximum atomic E-state index is 12.7. The average molecular weight is 268 g/mol. The van der Waals surface area contributed by atoms with E-state index in [1.807, 2.05) is 69.4 Å². The van der Waals surface area contributed by atoms with Gasteiger partial charge in [-0.15, -0.1) is 0 Å². The summed E-state index contributed by atoms with van der Waals surface area (Å²) in [6.07, 6.45) is 0. The van der Waals surface area contributed by atoms with Crippen LogP contribution in [0.4, 0.5) is 11.4 Å². The van der Waals surface area contributed by atoms with Gasteiger partial charge in [0.25, 0.3) is 5.91 Å². The molecule has 104 valence electrons. The predicted molar refractivity (Wildman–Crippen MR) is 84.5 cm³/mol. The summed E-state index contributed by atoms with van der Waals surface area (Å²) in [5.74, 6) is 0.0406. The monoisotopic (exact) mass is 268 g/mol. The van der Waals surface area contributed by atoms with Crippen LogP contribution in [0.25, 0.3) is 0 Å². The molecule has 0 aliphatic carbocycles. The Morgan fingerprint density at radius 2 is 1.85 bits per heavy atom. The Morgan fingerprint density at radius 3 is 2.40 bits per heavy atom. The molecule has 0 unspecified atom stereocenters. The van der Waals surface area contributed by atoms with Crippen LogP contribution in [-0.4, -0.2) is 19.5 Å². The number of anilines is 2. The van der Waals surface area contributed by atoms with Gasteiger partial charge in [0.2, 0.25) is 0 Å². The zero-order valence-electron chi connectivity index (χ0n) is 12.2. The van der Waals surface area contributed by atoms with Crippen LogP contribution >= 0.6 is 0 Å². The van der Waals surface area contributed by atoms with Gasteiger partial charge in [0, 0.05) is 30.5 Å². The number of para-hydroxylation sites is 1. The Kier molecular flexibility index (Phi) is 4.41. The molecule has 0 radical (unpaired) electrons. The fourth-order valence-electron chi connectivity index (χ4n) is 2.26. The van der Waals surface area contributed by atoms with Crippen LogP contribution < -0.4 is 10.2 Å². The summed E-state index contributed by atoms with van der Waals surface area (Å²) in [6.45, 7) is 4.60. The summed E-state index contributed by atoms with van der Waals surface area (Å²) < 4.78 is 0. The highest BCUT2D eigenvalue weighted by Gasteiger charge is 2.17. The van der Waals surface area contributed by atoms with Gasteiger partial charge in [0.1, 0.15) is 0 Å². The first-order valence-corrected chi connectivity index (χ1v) is 6.82. The molecule has 0 aromatic heterocycles. The second-order valence-electron chi connectivity index (χ2n) is 4.66. The average Bonchev–Trinajstić information content (AvgIpc) is 2.48. The van der Waals surface area contributed by atoms with E-state index in [4.69, 9.17) is 0 Å². The van der Waals surface area contributed by atoms with Gasteiger partial charge in [-0.2, -0.15) is 0 Å². The van der Waals surface area contributed by atoms with Crippen LogP contribution in [0.15, 0.2) is 48.5 Å². The van der Waals surface area contributed by atoms with E-state index in [1.54, 1.807) is 4.90 Å². The molecule has 0 saturated carbocycles. The lowest BCUT2D eigenvalue weighted by Crippen LogP contribution is -2.31. The van der Waals surface area contributed by atoms with Gasteiger partial charge >= 0.3 is 0 Å². The van der Waals surface area contributed by atoms with Crippen LogP contribution in [0.2, 0.25) is 0 Å². The van der Waals surface area contributed by atoms with Crippen molar-refractivity contribution in [3.05, 3.63) is 59.7 Å². The van der Waals surface area contributed by atoms with E-state index in [0.717, 1.165) is 22.5 Å². The number of rotatable bonds is 4. The van der Waals surface area contributed by atoms with Gasteiger partial charge in [-0.05, 0) is 49.7 Å². The number of amides is 1. The molecule has 0 aliphatic heterocycles. The van der Waals surface area contributed by atoms with Gasteiger partial charge < -0.3 is 10.2 Å². The minimum atomic E-state index is 0.0406. The number of benzene rings is 2. The first kappa shape index (κ1) is 14.1. The fourth-order valence-corrected chi connectivity index (χ4v) is 2.26. The maximum absolute atomic E-state index is 12.7. The van der Waals surface area contributed by atoms with Gasteiger partial charge in [0.15, 0.2) is 0 Å². The summed E-state index contributed by atoms with van der Waals surface area (Å²) in [6, 6.07) is 15.6. The van der Waals surface area contributed by atoms with Crippen molar-refractivity contribution in [1.82, 2.24) is 0 Å². The number of carbonyl (C=O) groups is 1. The van der Waals surface area contributed by atoms with Gasteiger partial charge in [-0.3, -0.25) is 4.79 Å². The van der Waals surface area contributed by atoms with Crippen molar-refractivity contribution in [2.75, 3.05) is 23.8 Å². The van der Waals surface area contributed by atoms with Gasteiger partial charge in [-0.1, -0.05) is 18.2 Å². The smallest absolute Gasteiger partial charge is 0.258 e. The molecule has 2 aromatic carbocycles. The molecular formula is C17H20N2O. The Morgan fingerprint density at radius 1 is 1.15 bits per heavy atom. The third-order valence-corrected chi connectivity index (χ3v) is 3.37. The van der Waals surface area contributed by atoms with Crippen LogP contribution in [-0.2, 0) is 0 Å². The van der Waals surface area contributed by atoms with E-state index in [0.29, 0.717) is 6.54 Å². The number of aryl methyl sites for hydroxylation is 1. The molecule has 3 heteroatoms. The highest BCUT2D eigenvalue weighted by atomic mass is 16.2. The minimum Gasteiger partial charge on any atom is -0.388 e. The molecule has 0 spiro atoms. The lowest BCUT2D eigenvalue weighted by Gasteiger charge is -2.22. The molecule has 0 aliphatic rings. The summed E-state index contributed by atoms with van der Waals surface area (Å²) in [5.41, 5.74) is 3.67. The summed E-state index contributed by atoms with van der Waals surface area (Å²) in [7, 11) is 1.87. The fraction of sp³-hybridized carbons (Fsp3) is 0.235. The Labute approximate surface area is 120 Å². The summed E-state index contributed by atoms with van der Waals surface area (Å²) in [5, 5.41) is 3.08. The van der Waals surface area contributed by atoms with Crippen molar-refractivity contribution in [3.8, 4) is 0 Å². The molecule has 0 atom stereocenters. The highest BCUT2D eigenvalue weighted by molar-refractivity contribution is 6.07. The third-order valence-electron chi connectivity index (χ3n) is 3.37. The van der Waals surface area contributed by atoms with Crippen molar-refractivity contribution in [1.29, 1.82) is 0 Å². The first-order valence-electron chi connectivity index (χ1n) is 6.82. The molecule has 0 saturated heterocycles. The molecular weight excluding hydrogens is 248 g/mol. The highest BCUT2D eigenvalue weighted by Crippen LogP contribution is 2.20. The van der Waals surface area contributed by atoms with Gasteiger partial charge in [0.05, 0.1) is 0 Å². The Balaban J connectivity index is 2.34. The van der Waals surface area contributed by atoms with E-state index in [1.165, 1.54) is 0 Å².